The van der Waals surface area contributed by atoms with Gasteiger partial charge in [0.2, 0.25) is 0 Å². The van der Waals surface area contributed by atoms with Gasteiger partial charge >= 0.3 is 5.97 Å². The number of allylic oxidation sites excluding steroid dienone is 1. The average Bonchev–Trinajstić information content (AvgIpc) is 2.63. The van der Waals surface area contributed by atoms with E-state index in [0.29, 0.717) is 25.1 Å². The van der Waals surface area contributed by atoms with E-state index >= 15 is 0 Å². The molecule has 5 heteroatoms. The van der Waals surface area contributed by atoms with Crippen LogP contribution in [0.2, 0.25) is 0 Å². The van der Waals surface area contributed by atoms with Gasteiger partial charge in [0.15, 0.2) is 0 Å². The van der Waals surface area contributed by atoms with Crippen LogP contribution in [0.15, 0.2) is 49.0 Å². The normalized spacial score (nSPS) is 9.64. The topological polar surface area (TPSA) is 35.5 Å². The molecule has 0 aliphatic carbocycles. The van der Waals surface area contributed by atoms with Gasteiger partial charge in [0.1, 0.15) is 18.2 Å². The lowest BCUT2D eigenvalue weighted by molar-refractivity contribution is -0.139. The molecule has 2 aromatic rings. The van der Waals surface area contributed by atoms with Crippen molar-refractivity contribution in [2.75, 3.05) is 14.3 Å². The van der Waals surface area contributed by atoms with Crippen LogP contribution in [0.5, 0.6) is 5.75 Å². The van der Waals surface area contributed by atoms with Gasteiger partial charge in [-0.05, 0) is 42.3 Å². The first kappa shape index (κ1) is 20.4. The monoisotopic (exact) mass is 348 g/mol. The van der Waals surface area contributed by atoms with Crippen molar-refractivity contribution < 1.29 is 23.0 Å². The summed E-state index contributed by atoms with van der Waals surface area (Å²) in [4.78, 5) is 11.4. The molecule has 0 aromatic heterocycles. The summed E-state index contributed by atoms with van der Waals surface area (Å²) in [5, 5.41) is 0. The van der Waals surface area contributed by atoms with Gasteiger partial charge in [0.05, 0.1) is 20.7 Å². The second-order valence-corrected chi connectivity index (χ2v) is 5.27. The number of carbonyl (C=O) groups excluding carboxylic acids is 1. The number of ether oxygens (including phenoxy) is 2. The maximum absolute atomic E-state index is 13.4. The van der Waals surface area contributed by atoms with Crippen molar-refractivity contribution >= 4 is 11.5 Å². The molecule has 0 bridgehead atoms. The number of benzene rings is 2. The number of hydrogen-bond donors (Lipinski definition) is 0. The molecular formula is C20H22F2O3. The summed E-state index contributed by atoms with van der Waals surface area (Å²) in [6.45, 7) is 6.18. The molecule has 134 valence electrons. The van der Waals surface area contributed by atoms with Crippen molar-refractivity contribution in [1.82, 2.24) is 0 Å². The maximum atomic E-state index is 13.4. The summed E-state index contributed by atoms with van der Waals surface area (Å²) >= 11 is 0. The fraction of sp³-hybridized carbons (Fsp3) is 0.250. The Morgan fingerprint density at radius 3 is 2.52 bits per heavy atom. The Labute approximate surface area is 146 Å². The quantitative estimate of drug-likeness (QED) is 0.708. The predicted octanol–water partition coefficient (Wildman–Crippen LogP) is 4.74. The summed E-state index contributed by atoms with van der Waals surface area (Å²) in [6.07, 6.45) is -0.0323. The third-order valence-electron chi connectivity index (χ3n) is 3.40. The largest absolute Gasteiger partial charge is 0.489 e. The molecule has 3 nitrogen and oxygen atoms in total. The van der Waals surface area contributed by atoms with Crippen molar-refractivity contribution in [3.8, 4) is 5.75 Å². The van der Waals surface area contributed by atoms with Crippen molar-refractivity contribution in [2.24, 2.45) is 0 Å². The highest BCUT2D eigenvalue weighted by atomic mass is 19.1. The molecule has 0 spiro atoms. The van der Waals surface area contributed by atoms with Crippen LogP contribution in [0.3, 0.4) is 0 Å². The van der Waals surface area contributed by atoms with Crippen LogP contribution < -0.4 is 4.74 Å². The molecule has 0 atom stereocenters. The molecule has 0 unspecified atom stereocenters. The number of methoxy groups -OCH3 is 1. The van der Waals surface area contributed by atoms with Crippen molar-refractivity contribution in [2.45, 2.75) is 20.0 Å². The molecule has 0 fully saturated rings. The Hall–Kier alpha value is -2.69. The van der Waals surface area contributed by atoms with E-state index < -0.39 is 11.8 Å². The third-order valence-corrected chi connectivity index (χ3v) is 3.40. The highest BCUT2D eigenvalue weighted by molar-refractivity contribution is 5.73. The molecular weight excluding hydrogens is 326 g/mol. The average molecular weight is 348 g/mol. The molecule has 0 amide bonds. The van der Waals surface area contributed by atoms with Gasteiger partial charge in [-0.15, -0.1) is 0 Å². The van der Waals surface area contributed by atoms with Gasteiger partial charge in [-0.1, -0.05) is 30.4 Å². The molecule has 2 aromatic carbocycles. The number of carbonyl (C=O) groups is 1. The Morgan fingerprint density at radius 2 is 1.88 bits per heavy atom. The molecule has 0 N–H and O–H groups in total. The number of halogens is 2. The van der Waals surface area contributed by atoms with E-state index in [2.05, 4.69) is 11.3 Å². The minimum absolute atomic E-state index is 0.0323. The van der Waals surface area contributed by atoms with Gasteiger partial charge in [-0.25, -0.2) is 4.39 Å². The molecule has 0 aliphatic rings. The maximum Gasteiger partial charge on any atom is 0.310 e. The van der Waals surface area contributed by atoms with E-state index in [9.17, 15) is 13.6 Å². The lowest BCUT2D eigenvalue weighted by Crippen LogP contribution is -2.07. The molecule has 0 saturated carbocycles. The molecule has 25 heavy (non-hydrogen) atoms. The minimum atomic E-state index is -0.440. The molecule has 2 rings (SSSR count). The van der Waals surface area contributed by atoms with E-state index in [4.69, 9.17) is 4.74 Å². The van der Waals surface area contributed by atoms with E-state index in [0.717, 1.165) is 16.7 Å². The first-order valence-corrected chi connectivity index (χ1v) is 7.60. The van der Waals surface area contributed by atoms with Crippen molar-refractivity contribution in [3.05, 3.63) is 71.6 Å². The van der Waals surface area contributed by atoms with Gasteiger partial charge < -0.3 is 9.47 Å². The van der Waals surface area contributed by atoms with Crippen LogP contribution >= 0.6 is 0 Å². The summed E-state index contributed by atoms with van der Waals surface area (Å²) in [7, 11) is 1.80. The Bertz CT molecular complexity index is 727. The third kappa shape index (κ3) is 6.37. The van der Waals surface area contributed by atoms with Crippen LogP contribution in [0.4, 0.5) is 8.78 Å². The standard InChI is InChI=1S/C19H19FO3.CH3F/c1-13(2)15-6-4-5-14(9-15)12-23-18-8-7-17(20)10-16(18)11-19(21)22-3;1-2/h4-10H,1,11-12H2,2-3H3;1H3. The first-order valence-electron chi connectivity index (χ1n) is 7.60. The predicted molar refractivity (Wildman–Crippen MR) is 94.6 cm³/mol. The lowest BCUT2D eigenvalue weighted by Gasteiger charge is -2.12. The van der Waals surface area contributed by atoms with Gasteiger partial charge in [0.25, 0.3) is 0 Å². The highest BCUT2D eigenvalue weighted by Crippen LogP contribution is 2.22. The number of hydrogen-bond acceptors (Lipinski definition) is 3. The summed E-state index contributed by atoms with van der Waals surface area (Å²) in [5.41, 5.74) is 3.45. The number of esters is 1. The number of alkyl halides is 1. The zero-order chi connectivity index (χ0) is 18.8. The Kier molecular flexibility index (Phi) is 8.33. The van der Waals surface area contributed by atoms with Crippen molar-refractivity contribution in [3.63, 3.8) is 0 Å². The lowest BCUT2D eigenvalue weighted by atomic mass is 10.1. The fourth-order valence-electron chi connectivity index (χ4n) is 2.14. The van der Waals surface area contributed by atoms with Crippen LogP contribution in [0.25, 0.3) is 5.57 Å². The highest BCUT2D eigenvalue weighted by Gasteiger charge is 2.11. The van der Waals surface area contributed by atoms with Crippen LogP contribution in [0, 0.1) is 5.82 Å². The van der Waals surface area contributed by atoms with Gasteiger partial charge in [-0.2, -0.15) is 0 Å². The van der Waals surface area contributed by atoms with E-state index in [-0.39, 0.29) is 6.42 Å². The minimum Gasteiger partial charge on any atom is -0.489 e. The zero-order valence-electron chi connectivity index (χ0n) is 14.6. The van der Waals surface area contributed by atoms with Crippen LogP contribution in [-0.4, -0.2) is 20.3 Å². The Morgan fingerprint density at radius 1 is 1.16 bits per heavy atom. The van der Waals surface area contributed by atoms with Crippen molar-refractivity contribution in [1.29, 1.82) is 0 Å². The zero-order valence-corrected chi connectivity index (χ0v) is 14.6. The second-order valence-electron chi connectivity index (χ2n) is 5.27. The summed E-state index contributed by atoms with van der Waals surface area (Å²) in [6, 6.07) is 12.0. The van der Waals surface area contributed by atoms with Gasteiger partial charge in [0, 0.05) is 5.56 Å². The first-order chi connectivity index (χ1) is 12.0. The van der Waals surface area contributed by atoms with Gasteiger partial charge in [-0.3, -0.25) is 9.18 Å². The van der Waals surface area contributed by atoms with Crippen LogP contribution in [-0.2, 0) is 22.6 Å². The molecule has 0 radical (unpaired) electrons. The Balaban J connectivity index is 0.00000151. The van der Waals surface area contributed by atoms with E-state index in [1.807, 2.05) is 31.2 Å². The smallest absolute Gasteiger partial charge is 0.310 e. The number of rotatable bonds is 6. The molecule has 0 aliphatic heterocycles. The summed E-state index contributed by atoms with van der Waals surface area (Å²) < 4.78 is 33.3. The second kappa shape index (κ2) is 10.2. The molecule has 0 saturated heterocycles. The fourth-order valence-corrected chi connectivity index (χ4v) is 2.14. The van der Waals surface area contributed by atoms with E-state index in [1.54, 1.807) is 0 Å². The van der Waals surface area contributed by atoms with E-state index in [1.165, 1.54) is 25.3 Å². The SMILES string of the molecule is C=C(C)c1cccc(COc2ccc(F)cc2CC(=O)OC)c1.CF. The molecule has 0 heterocycles. The summed E-state index contributed by atoms with van der Waals surface area (Å²) in [5.74, 6) is -0.386. The van der Waals surface area contributed by atoms with Crippen LogP contribution in [0.1, 0.15) is 23.6 Å².